The van der Waals surface area contributed by atoms with E-state index in [-0.39, 0.29) is 5.91 Å². The Bertz CT molecular complexity index is 426. The van der Waals surface area contributed by atoms with Crippen LogP contribution in [0.5, 0.6) is 0 Å². The number of hydrogen-bond donors (Lipinski definition) is 2. The fourth-order valence-corrected chi connectivity index (χ4v) is 2.14. The third-order valence-electron chi connectivity index (χ3n) is 3.02. The highest BCUT2D eigenvalue weighted by atomic mass is 35.5. The summed E-state index contributed by atoms with van der Waals surface area (Å²) >= 11 is 5.89. The van der Waals surface area contributed by atoms with Crippen LogP contribution in [0.3, 0.4) is 0 Å². The number of nitrogens with one attached hydrogen (secondary N) is 2. The van der Waals surface area contributed by atoms with Gasteiger partial charge in [-0.05, 0) is 19.1 Å². The minimum absolute atomic E-state index is 0.0568. The Morgan fingerprint density at radius 3 is 3.28 bits per heavy atom. The highest BCUT2D eigenvalue weighted by Crippen LogP contribution is 2.17. The molecule has 2 heterocycles. The molecule has 0 aromatic carbocycles. The number of nitrogens with zero attached hydrogens (tertiary/aromatic N) is 2. The summed E-state index contributed by atoms with van der Waals surface area (Å²) in [5.41, 5.74) is 0.562. The van der Waals surface area contributed by atoms with Gasteiger partial charge in [0.25, 0.3) is 0 Å². The number of piperazine rings is 1. The Balaban J connectivity index is 1.90. The number of carbonyl (C=O) groups excluding carboxylic acids is 1. The van der Waals surface area contributed by atoms with Gasteiger partial charge in [0.2, 0.25) is 5.91 Å². The van der Waals surface area contributed by atoms with Crippen LogP contribution in [0.2, 0.25) is 5.15 Å². The van der Waals surface area contributed by atoms with Crippen LogP contribution >= 0.6 is 11.6 Å². The molecule has 0 radical (unpaired) electrons. The summed E-state index contributed by atoms with van der Waals surface area (Å²) in [6.45, 7) is 5.21. The number of pyridine rings is 1. The van der Waals surface area contributed by atoms with Crippen LogP contribution in [-0.2, 0) is 4.79 Å². The van der Waals surface area contributed by atoms with Gasteiger partial charge in [-0.2, -0.15) is 0 Å². The third-order valence-corrected chi connectivity index (χ3v) is 3.32. The lowest BCUT2D eigenvalue weighted by Crippen LogP contribution is -2.52. The Labute approximate surface area is 112 Å². The van der Waals surface area contributed by atoms with E-state index in [1.807, 2.05) is 0 Å². The lowest BCUT2D eigenvalue weighted by atomic mass is 10.2. The molecule has 1 aliphatic rings. The van der Waals surface area contributed by atoms with Crippen molar-refractivity contribution in [1.82, 2.24) is 15.2 Å². The summed E-state index contributed by atoms with van der Waals surface area (Å²) in [5, 5.41) is 6.39. The lowest BCUT2D eigenvalue weighted by molar-refractivity contribution is -0.118. The molecule has 18 heavy (non-hydrogen) atoms. The molecular weight excluding hydrogens is 252 g/mol. The minimum Gasteiger partial charge on any atom is -0.322 e. The van der Waals surface area contributed by atoms with E-state index >= 15 is 0 Å². The van der Waals surface area contributed by atoms with Gasteiger partial charge in [0.15, 0.2) is 5.15 Å². The summed E-state index contributed by atoms with van der Waals surface area (Å²) in [6.07, 6.45) is 1.59. The molecule has 2 rings (SSSR count). The largest absolute Gasteiger partial charge is 0.322 e. The van der Waals surface area contributed by atoms with Gasteiger partial charge in [-0.25, -0.2) is 4.98 Å². The molecule has 0 aliphatic carbocycles. The van der Waals surface area contributed by atoms with E-state index in [1.165, 1.54) is 0 Å². The third kappa shape index (κ3) is 3.41. The van der Waals surface area contributed by atoms with Crippen LogP contribution in [0.1, 0.15) is 6.92 Å². The number of aromatic nitrogens is 1. The molecule has 1 saturated heterocycles. The van der Waals surface area contributed by atoms with E-state index in [1.54, 1.807) is 18.3 Å². The van der Waals surface area contributed by atoms with Crippen molar-refractivity contribution in [2.45, 2.75) is 13.0 Å². The highest BCUT2D eigenvalue weighted by Gasteiger charge is 2.20. The molecular formula is C12H17ClN4O. The topological polar surface area (TPSA) is 57.3 Å². The number of hydrogen-bond acceptors (Lipinski definition) is 4. The fraction of sp³-hybridized carbons (Fsp3) is 0.500. The van der Waals surface area contributed by atoms with Crippen molar-refractivity contribution in [3.8, 4) is 0 Å². The van der Waals surface area contributed by atoms with E-state index in [2.05, 4.69) is 27.4 Å². The van der Waals surface area contributed by atoms with E-state index in [4.69, 9.17) is 11.6 Å². The second-order valence-corrected chi connectivity index (χ2v) is 4.77. The molecule has 0 unspecified atom stereocenters. The molecule has 1 aliphatic heterocycles. The number of carbonyl (C=O) groups is 1. The number of anilines is 1. The first-order valence-electron chi connectivity index (χ1n) is 6.02. The molecule has 2 N–H and O–H groups in total. The maximum absolute atomic E-state index is 11.9. The van der Waals surface area contributed by atoms with Crippen LogP contribution in [0.4, 0.5) is 5.69 Å². The Morgan fingerprint density at radius 1 is 1.72 bits per heavy atom. The molecule has 98 valence electrons. The zero-order valence-electron chi connectivity index (χ0n) is 10.3. The number of rotatable bonds is 3. The predicted molar refractivity (Wildman–Crippen MR) is 71.8 cm³/mol. The molecule has 0 bridgehead atoms. The van der Waals surface area contributed by atoms with Gasteiger partial charge in [-0.1, -0.05) is 11.6 Å². The van der Waals surface area contributed by atoms with Crippen LogP contribution in [-0.4, -0.2) is 48.0 Å². The number of amides is 1. The second-order valence-electron chi connectivity index (χ2n) is 4.41. The lowest BCUT2D eigenvalue weighted by Gasteiger charge is -2.33. The first-order valence-corrected chi connectivity index (χ1v) is 6.40. The molecule has 0 saturated carbocycles. The molecule has 1 atom stereocenters. The molecule has 0 spiro atoms. The Morgan fingerprint density at radius 2 is 2.56 bits per heavy atom. The van der Waals surface area contributed by atoms with Gasteiger partial charge < -0.3 is 10.6 Å². The van der Waals surface area contributed by atoms with Gasteiger partial charge in [-0.15, -0.1) is 0 Å². The van der Waals surface area contributed by atoms with Gasteiger partial charge in [0, 0.05) is 31.9 Å². The average molecular weight is 269 g/mol. The van der Waals surface area contributed by atoms with Crippen molar-refractivity contribution in [3.05, 3.63) is 23.5 Å². The van der Waals surface area contributed by atoms with E-state index in [0.717, 1.165) is 19.6 Å². The molecule has 5 nitrogen and oxygen atoms in total. The first-order chi connectivity index (χ1) is 8.66. The summed E-state index contributed by atoms with van der Waals surface area (Å²) in [7, 11) is 0. The SMILES string of the molecule is C[C@@H]1CNCCN1CC(=O)Nc1cccnc1Cl. The smallest absolute Gasteiger partial charge is 0.238 e. The standard InChI is InChI=1S/C12H17ClN4O/c1-9-7-14-5-6-17(9)8-11(18)16-10-3-2-4-15-12(10)13/h2-4,9,14H,5-8H2,1H3,(H,16,18)/t9-/m1/s1. The van der Waals surface area contributed by atoms with E-state index < -0.39 is 0 Å². The van der Waals surface area contributed by atoms with Crippen LogP contribution in [0.15, 0.2) is 18.3 Å². The van der Waals surface area contributed by atoms with Gasteiger partial charge in [0.05, 0.1) is 12.2 Å². The summed E-state index contributed by atoms with van der Waals surface area (Å²) in [4.78, 5) is 18.0. The minimum atomic E-state index is -0.0568. The van der Waals surface area contributed by atoms with Crippen molar-refractivity contribution < 1.29 is 4.79 Å². The maximum Gasteiger partial charge on any atom is 0.238 e. The van der Waals surface area contributed by atoms with Gasteiger partial charge >= 0.3 is 0 Å². The zero-order valence-corrected chi connectivity index (χ0v) is 11.1. The van der Waals surface area contributed by atoms with Crippen molar-refractivity contribution in [2.24, 2.45) is 0 Å². The van der Waals surface area contributed by atoms with E-state index in [0.29, 0.717) is 23.4 Å². The molecule has 1 aromatic rings. The molecule has 1 fully saturated rings. The van der Waals surface area contributed by atoms with Crippen LogP contribution < -0.4 is 10.6 Å². The monoisotopic (exact) mass is 268 g/mol. The number of halogens is 1. The van der Waals surface area contributed by atoms with Crippen molar-refractivity contribution >= 4 is 23.2 Å². The van der Waals surface area contributed by atoms with Crippen LogP contribution in [0.25, 0.3) is 0 Å². The zero-order chi connectivity index (χ0) is 13.0. The molecule has 1 amide bonds. The Kier molecular flexibility index (Phi) is 4.52. The average Bonchev–Trinajstić information content (AvgIpc) is 2.35. The molecule has 1 aromatic heterocycles. The van der Waals surface area contributed by atoms with Crippen LogP contribution in [0, 0.1) is 0 Å². The fourth-order valence-electron chi connectivity index (χ4n) is 1.97. The quantitative estimate of drug-likeness (QED) is 0.802. The van der Waals surface area contributed by atoms with Crippen molar-refractivity contribution in [1.29, 1.82) is 0 Å². The normalized spacial score (nSPS) is 20.7. The van der Waals surface area contributed by atoms with Gasteiger partial charge in [0.1, 0.15) is 0 Å². The second kappa shape index (κ2) is 6.13. The summed E-state index contributed by atoms with van der Waals surface area (Å²) in [5.74, 6) is -0.0568. The maximum atomic E-state index is 11.9. The first kappa shape index (κ1) is 13.3. The van der Waals surface area contributed by atoms with Crippen molar-refractivity contribution in [3.63, 3.8) is 0 Å². The van der Waals surface area contributed by atoms with Crippen molar-refractivity contribution in [2.75, 3.05) is 31.5 Å². The summed E-state index contributed by atoms with van der Waals surface area (Å²) in [6, 6.07) is 3.86. The summed E-state index contributed by atoms with van der Waals surface area (Å²) < 4.78 is 0. The Hall–Kier alpha value is -1.17. The molecule has 6 heteroatoms. The predicted octanol–water partition coefficient (Wildman–Crippen LogP) is 0.967. The van der Waals surface area contributed by atoms with E-state index in [9.17, 15) is 4.79 Å². The highest BCUT2D eigenvalue weighted by molar-refractivity contribution is 6.32. The van der Waals surface area contributed by atoms with Gasteiger partial charge in [-0.3, -0.25) is 9.69 Å².